The minimum Gasteiger partial charge on any atom is -0.383 e. The van der Waals surface area contributed by atoms with Crippen molar-refractivity contribution >= 4 is 35.1 Å². The summed E-state index contributed by atoms with van der Waals surface area (Å²) in [5.74, 6) is -0.131. The maximum absolute atomic E-state index is 11.7. The van der Waals surface area contributed by atoms with E-state index in [1.165, 1.54) is 11.8 Å². The van der Waals surface area contributed by atoms with Crippen LogP contribution in [0.25, 0.3) is 0 Å². The highest BCUT2D eigenvalue weighted by molar-refractivity contribution is 7.99. The van der Waals surface area contributed by atoms with E-state index in [0.717, 1.165) is 9.79 Å². The lowest BCUT2D eigenvalue weighted by Crippen LogP contribution is -2.11. The van der Waals surface area contributed by atoms with Gasteiger partial charge in [0.05, 0.1) is 10.6 Å². The van der Waals surface area contributed by atoms with E-state index in [0.29, 0.717) is 16.1 Å². The molecule has 5 heteroatoms. The van der Waals surface area contributed by atoms with Crippen molar-refractivity contribution in [2.75, 3.05) is 0 Å². The molecule has 3 nitrogen and oxygen atoms in total. The van der Waals surface area contributed by atoms with Crippen LogP contribution in [0.15, 0.2) is 57.2 Å². The first-order valence-electron chi connectivity index (χ1n) is 5.61. The number of hydrogen-bond donors (Lipinski definition) is 1. The molecule has 1 aliphatic rings. The minimum absolute atomic E-state index is 0.237. The zero-order valence-corrected chi connectivity index (χ0v) is 11.3. The van der Waals surface area contributed by atoms with Crippen molar-refractivity contribution in [1.29, 1.82) is 0 Å². The summed E-state index contributed by atoms with van der Waals surface area (Å²) in [6.45, 7) is 0. The maximum Gasteiger partial charge on any atom is 0.281 e. The van der Waals surface area contributed by atoms with Gasteiger partial charge in [-0.05, 0) is 24.3 Å². The molecule has 0 fully saturated rings. The molecule has 3 rings (SSSR count). The number of halogens is 1. The zero-order valence-electron chi connectivity index (χ0n) is 9.76. The third-order valence-corrected chi connectivity index (χ3v) is 4.16. The lowest BCUT2D eigenvalue weighted by Gasteiger charge is -2.08. The van der Waals surface area contributed by atoms with E-state index in [4.69, 9.17) is 17.3 Å². The molecular weight excluding hydrogens is 280 g/mol. The van der Waals surface area contributed by atoms with Crippen LogP contribution in [-0.4, -0.2) is 11.7 Å². The molecule has 94 valence electrons. The Labute approximate surface area is 119 Å². The lowest BCUT2D eigenvalue weighted by atomic mass is 10.1. The molecular formula is C14H9ClN2OS. The van der Waals surface area contributed by atoms with Crippen LogP contribution >= 0.6 is 23.4 Å². The average Bonchev–Trinajstić information content (AvgIpc) is 2.71. The minimum atomic E-state index is -0.368. The molecule has 2 N–H and O–H groups in total. The largest absolute Gasteiger partial charge is 0.383 e. The summed E-state index contributed by atoms with van der Waals surface area (Å²) >= 11 is 7.58. The second-order valence-corrected chi connectivity index (χ2v) is 5.54. The molecule has 0 bridgehead atoms. The first-order chi connectivity index (χ1) is 9.16. The van der Waals surface area contributed by atoms with Gasteiger partial charge in [-0.3, -0.25) is 4.79 Å². The summed E-state index contributed by atoms with van der Waals surface area (Å²) in [7, 11) is 0. The van der Waals surface area contributed by atoms with Crippen molar-refractivity contribution < 1.29 is 4.79 Å². The molecule has 2 aromatic carbocycles. The van der Waals surface area contributed by atoms with Gasteiger partial charge in [-0.25, -0.2) is 0 Å². The number of amides is 1. The zero-order chi connectivity index (χ0) is 13.4. The van der Waals surface area contributed by atoms with Crippen molar-refractivity contribution in [3.63, 3.8) is 0 Å². The normalized spacial score (nSPS) is 13.3. The fourth-order valence-electron chi connectivity index (χ4n) is 1.94. The number of rotatable bonds is 2. The van der Waals surface area contributed by atoms with Crippen LogP contribution in [0, 0.1) is 0 Å². The average molecular weight is 289 g/mol. The Morgan fingerprint density at radius 2 is 1.79 bits per heavy atom. The van der Waals surface area contributed by atoms with Gasteiger partial charge in [0.1, 0.15) is 5.84 Å². The molecule has 19 heavy (non-hydrogen) atoms. The molecule has 0 saturated carbocycles. The summed E-state index contributed by atoms with van der Waals surface area (Å²) in [6, 6.07) is 13.4. The number of aliphatic imine (C=N–C) groups is 1. The van der Waals surface area contributed by atoms with E-state index in [-0.39, 0.29) is 11.7 Å². The molecule has 0 unspecified atom stereocenters. The van der Waals surface area contributed by atoms with Gasteiger partial charge in [0.25, 0.3) is 5.91 Å². The molecule has 0 spiro atoms. The number of hydrogen-bond acceptors (Lipinski definition) is 3. The third kappa shape index (κ3) is 2.13. The second-order valence-electron chi connectivity index (χ2n) is 4.01. The molecule has 0 aliphatic carbocycles. The van der Waals surface area contributed by atoms with E-state index in [1.807, 2.05) is 36.4 Å². The lowest BCUT2D eigenvalue weighted by molar-refractivity contribution is 0.101. The highest BCUT2D eigenvalue weighted by Gasteiger charge is 2.27. The van der Waals surface area contributed by atoms with Crippen LogP contribution < -0.4 is 5.73 Å². The Morgan fingerprint density at radius 1 is 1.05 bits per heavy atom. The van der Waals surface area contributed by atoms with E-state index in [1.54, 1.807) is 6.07 Å². The van der Waals surface area contributed by atoms with Gasteiger partial charge >= 0.3 is 0 Å². The Kier molecular flexibility index (Phi) is 3.05. The maximum atomic E-state index is 11.7. The molecule has 0 radical (unpaired) electrons. The van der Waals surface area contributed by atoms with Gasteiger partial charge in [-0.1, -0.05) is 41.6 Å². The topological polar surface area (TPSA) is 55.4 Å². The molecule has 1 heterocycles. The van der Waals surface area contributed by atoms with E-state index >= 15 is 0 Å². The number of benzene rings is 2. The monoisotopic (exact) mass is 288 g/mol. The van der Waals surface area contributed by atoms with E-state index < -0.39 is 0 Å². The number of carbonyl (C=O) groups is 1. The van der Waals surface area contributed by atoms with E-state index in [9.17, 15) is 4.79 Å². The van der Waals surface area contributed by atoms with Gasteiger partial charge in [0.15, 0.2) is 0 Å². The Morgan fingerprint density at radius 3 is 2.53 bits per heavy atom. The first-order valence-corrected chi connectivity index (χ1v) is 6.80. The van der Waals surface area contributed by atoms with Crippen molar-refractivity contribution in [2.45, 2.75) is 9.79 Å². The SMILES string of the molecule is NC1=NC(=O)c2c(Cl)ccc(Sc3ccccc3)c21. The van der Waals surface area contributed by atoms with Crippen LogP contribution in [0.1, 0.15) is 15.9 Å². The summed E-state index contributed by atoms with van der Waals surface area (Å²) in [6.07, 6.45) is 0. The number of carbonyl (C=O) groups excluding carboxylic acids is 1. The smallest absolute Gasteiger partial charge is 0.281 e. The molecule has 2 aromatic rings. The number of nitrogens with zero attached hydrogens (tertiary/aromatic N) is 1. The Balaban J connectivity index is 2.10. The fraction of sp³-hybridized carbons (Fsp3) is 0. The highest BCUT2D eigenvalue weighted by Crippen LogP contribution is 2.36. The van der Waals surface area contributed by atoms with Crippen molar-refractivity contribution in [2.24, 2.45) is 10.7 Å². The van der Waals surface area contributed by atoms with Crippen molar-refractivity contribution in [3.8, 4) is 0 Å². The fourth-order valence-corrected chi connectivity index (χ4v) is 3.17. The summed E-state index contributed by atoms with van der Waals surface area (Å²) in [5, 5.41) is 0.390. The summed E-state index contributed by atoms with van der Waals surface area (Å²) in [5.41, 5.74) is 6.86. The first kappa shape index (κ1) is 12.3. The molecule has 0 saturated heterocycles. The predicted molar refractivity (Wildman–Crippen MR) is 77.1 cm³/mol. The second kappa shape index (κ2) is 4.72. The number of amidine groups is 1. The van der Waals surface area contributed by atoms with Crippen LogP contribution in [-0.2, 0) is 0 Å². The quantitative estimate of drug-likeness (QED) is 0.922. The predicted octanol–water partition coefficient (Wildman–Crippen LogP) is 3.35. The summed E-state index contributed by atoms with van der Waals surface area (Å²) in [4.78, 5) is 17.5. The van der Waals surface area contributed by atoms with Gasteiger partial charge in [-0.15, -0.1) is 0 Å². The Bertz CT molecular complexity index is 698. The molecule has 1 aliphatic heterocycles. The van der Waals surface area contributed by atoms with Crippen LogP contribution in [0.2, 0.25) is 5.02 Å². The van der Waals surface area contributed by atoms with Gasteiger partial charge < -0.3 is 5.73 Å². The molecule has 0 atom stereocenters. The standard InChI is InChI=1S/C14H9ClN2OS/c15-9-6-7-10(19-8-4-2-1-3-5-8)12-11(9)14(18)17-13(12)16/h1-7H,(H2,16,17,18). The van der Waals surface area contributed by atoms with Gasteiger partial charge in [-0.2, -0.15) is 4.99 Å². The van der Waals surface area contributed by atoms with Crippen LogP contribution in [0.3, 0.4) is 0 Å². The number of fused-ring (bicyclic) bond motifs is 1. The van der Waals surface area contributed by atoms with Crippen LogP contribution in [0.5, 0.6) is 0 Å². The van der Waals surface area contributed by atoms with Crippen molar-refractivity contribution in [3.05, 3.63) is 58.6 Å². The highest BCUT2D eigenvalue weighted by atomic mass is 35.5. The van der Waals surface area contributed by atoms with Gasteiger partial charge in [0, 0.05) is 15.4 Å². The summed E-state index contributed by atoms with van der Waals surface area (Å²) < 4.78 is 0. The third-order valence-electron chi connectivity index (χ3n) is 2.78. The number of nitrogens with two attached hydrogens (primary N) is 1. The Hall–Kier alpha value is -1.78. The van der Waals surface area contributed by atoms with Crippen LogP contribution in [0.4, 0.5) is 0 Å². The molecule has 1 amide bonds. The van der Waals surface area contributed by atoms with Crippen molar-refractivity contribution in [1.82, 2.24) is 0 Å². The molecule has 0 aromatic heterocycles. The van der Waals surface area contributed by atoms with E-state index in [2.05, 4.69) is 4.99 Å². The van der Waals surface area contributed by atoms with Gasteiger partial charge in [0.2, 0.25) is 0 Å².